The minimum Gasteiger partial charge on any atom is -0.375 e. The second-order valence-electron chi connectivity index (χ2n) is 4.49. The predicted octanol–water partition coefficient (Wildman–Crippen LogP) is 3.93. The molecule has 1 N–H and O–H groups in total. The lowest BCUT2D eigenvalue weighted by molar-refractivity contribution is -0.384. The first-order valence-corrected chi connectivity index (χ1v) is 6.01. The molecule has 0 saturated carbocycles. The van der Waals surface area contributed by atoms with Crippen LogP contribution in [0.3, 0.4) is 0 Å². The summed E-state index contributed by atoms with van der Waals surface area (Å²) < 4.78 is 39.4. The van der Waals surface area contributed by atoms with E-state index in [4.69, 9.17) is 0 Å². The number of benzene rings is 2. The van der Waals surface area contributed by atoms with Gasteiger partial charge in [0, 0.05) is 24.2 Å². The molecule has 0 aliphatic carbocycles. The predicted molar refractivity (Wildman–Crippen MR) is 71.5 cm³/mol. The van der Waals surface area contributed by atoms with E-state index in [0.717, 1.165) is 6.07 Å². The first kappa shape index (κ1) is 14.8. The van der Waals surface area contributed by atoms with E-state index in [2.05, 4.69) is 5.32 Å². The summed E-state index contributed by atoms with van der Waals surface area (Å²) in [4.78, 5) is 10.4. The number of nitrogens with zero attached hydrogens (tertiary/aromatic N) is 1. The number of rotatable bonds is 4. The zero-order valence-electron chi connectivity index (χ0n) is 11.0. The van der Waals surface area contributed by atoms with E-state index in [1.54, 1.807) is 13.0 Å². The van der Waals surface area contributed by atoms with E-state index in [0.29, 0.717) is 11.6 Å². The number of anilines is 1. The maximum Gasteiger partial charge on any atom is 0.292 e. The minimum atomic E-state index is -1.28. The first-order valence-electron chi connectivity index (χ1n) is 6.01. The van der Waals surface area contributed by atoms with Gasteiger partial charge in [-0.3, -0.25) is 10.1 Å². The lowest BCUT2D eigenvalue weighted by Crippen LogP contribution is -2.05. The highest BCUT2D eigenvalue weighted by Gasteiger charge is 2.15. The molecule has 2 rings (SSSR count). The van der Waals surface area contributed by atoms with Gasteiger partial charge in [0.05, 0.1) is 4.92 Å². The molecular weight excluding hydrogens is 285 g/mol. The molecule has 7 heteroatoms. The van der Waals surface area contributed by atoms with Crippen LogP contribution in [0.15, 0.2) is 30.3 Å². The number of hydrogen-bond acceptors (Lipinski definition) is 3. The fourth-order valence-electron chi connectivity index (χ4n) is 1.83. The summed E-state index contributed by atoms with van der Waals surface area (Å²) in [6.45, 7) is 1.50. The Morgan fingerprint density at radius 2 is 1.76 bits per heavy atom. The second kappa shape index (κ2) is 5.82. The third-order valence-electron chi connectivity index (χ3n) is 2.91. The van der Waals surface area contributed by atoms with Gasteiger partial charge in [-0.2, -0.15) is 0 Å². The SMILES string of the molecule is Cc1ccc(NCc2cc(F)c(F)cc2F)c([N+](=O)[O-])c1. The molecule has 0 aliphatic rings. The number of hydrogen-bond donors (Lipinski definition) is 1. The average Bonchev–Trinajstić information content (AvgIpc) is 2.42. The molecule has 0 atom stereocenters. The summed E-state index contributed by atoms with van der Waals surface area (Å²) in [6, 6.07) is 5.65. The standard InChI is InChI=1S/C14H11F3N2O2/c1-8-2-3-13(14(4-8)19(20)21)18-7-9-5-11(16)12(17)6-10(9)15/h2-6,18H,7H2,1H3. The molecule has 2 aromatic carbocycles. The number of halogens is 3. The largest absolute Gasteiger partial charge is 0.375 e. The lowest BCUT2D eigenvalue weighted by Gasteiger charge is -2.09. The number of nitrogens with one attached hydrogen (secondary N) is 1. The topological polar surface area (TPSA) is 55.2 Å². The number of nitro groups is 1. The van der Waals surface area contributed by atoms with Gasteiger partial charge < -0.3 is 5.32 Å². The fourth-order valence-corrected chi connectivity index (χ4v) is 1.83. The van der Waals surface area contributed by atoms with Gasteiger partial charge in [0.15, 0.2) is 11.6 Å². The molecule has 21 heavy (non-hydrogen) atoms. The van der Waals surface area contributed by atoms with E-state index in [1.165, 1.54) is 12.1 Å². The highest BCUT2D eigenvalue weighted by molar-refractivity contribution is 5.62. The van der Waals surface area contributed by atoms with Crippen LogP contribution in [-0.4, -0.2) is 4.92 Å². The molecule has 0 radical (unpaired) electrons. The van der Waals surface area contributed by atoms with Crippen molar-refractivity contribution in [2.75, 3.05) is 5.32 Å². The molecule has 0 unspecified atom stereocenters. The zero-order chi connectivity index (χ0) is 15.6. The van der Waals surface area contributed by atoms with Crippen molar-refractivity contribution in [2.45, 2.75) is 13.5 Å². The van der Waals surface area contributed by atoms with Crippen LogP contribution in [0.1, 0.15) is 11.1 Å². The first-order chi connectivity index (χ1) is 9.88. The van der Waals surface area contributed by atoms with Crippen LogP contribution in [0.2, 0.25) is 0 Å². The number of nitro benzene ring substituents is 1. The van der Waals surface area contributed by atoms with Crippen molar-refractivity contribution in [3.63, 3.8) is 0 Å². The van der Waals surface area contributed by atoms with Gasteiger partial charge in [0.2, 0.25) is 0 Å². The molecule has 4 nitrogen and oxygen atoms in total. The zero-order valence-corrected chi connectivity index (χ0v) is 11.0. The van der Waals surface area contributed by atoms with E-state index >= 15 is 0 Å². The van der Waals surface area contributed by atoms with Crippen molar-refractivity contribution in [3.05, 3.63) is 69.0 Å². The maximum atomic E-state index is 13.5. The van der Waals surface area contributed by atoms with E-state index in [-0.39, 0.29) is 23.5 Å². The Bertz CT molecular complexity index is 705. The fraction of sp³-hybridized carbons (Fsp3) is 0.143. The molecule has 0 heterocycles. The molecule has 0 saturated heterocycles. The van der Waals surface area contributed by atoms with E-state index < -0.39 is 22.4 Å². The van der Waals surface area contributed by atoms with Gasteiger partial charge in [-0.15, -0.1) is 0 Å². The monoisotopic (exact) mass is 296 g/mol. The Balaban J connectivity index is 2.25. The molecule has 0 aromatic heterocycles. The third-order valence-corrected chi connectivity index (χ3v) is 2.91. The van der Waals surface area contributed by atoms with Crippen molar-refractivity contribution in [1.29, 1.82) is 0 Å². The van der Waals surface area contributed by atoms with Crippen LogP contribution in [0.5, 0.6) is 0 Å². The van der Waals surface area contributed by atoms with Crippen LogP contribution in [0.4, 0.5) is 24.5 Å². The average molecular weight is 296 g/mol. The number of aryl methyl sites for hydroxylation is 1. The van der Waals surface area contributed by atoms with Crippen LogP contribution < -0.4 is 5.32 Å². The van der Waals surface area contributed by atoms with Gasteiger partial charge >= 0.3 is 0 Å². The summed E-state index contributed by atoms with van der Waals surface area (Å²) in [7, 11) is 0. The van der Waals surface area contributed by atoms with Gasteiger partial charge in [-0.05, 0) is 24.6 Å². The van der Waals surface area contributed by atoms with Gasteiger partial charge in [0.25, 0.3) is 5.69 Å². The molecule has 0 aliphatic heterocycles. The molecule has 0 fully saturated rings. The van der Waals surface area contributed by atoms with Gasteiger partial charge in [-0.1, -0.05) is 6.07 Å². The Labute approximate surface area is 118 Å². The van der Waals surface area contributed by atoms with Gasteiger partial charge in [0.1, 0.15) is 11.5 Å². The Morgan fingerprint density at radius 1 is 1.10 bits per heavy atom. The van der Waals surface area contributed by atoms with Gasteiger partial charge in [-0.25, -0.2) is 13.2 Å². The van der Waals surface area contributed by atoms with E-state index in [1.807, 2.05) is 0 Å². The second-order valence-corrected chi connectivity index (χ2v) is 4.49. The molecule has 110 valence electrons. The Hall–Kier alpha value is -2.57. The summed E-state index contributed by atoms with van der Waals surface area (Å²) in [5.41, 5.74) is 0.586. The van der Waals surface area contributed by atoms with Crippen molar-refractivity contribution >= 4 is 11.4 Å². The van der Waals surface area contributed by atoms with Crippen LogP contribution >= 0.6 is 0 Å². The molecule has 0 bridgehead atoms. The van der Waals surface area contributed by atoms with E-state index in [9.17, 15) is 23.3 Å². The summed E-state index contributed by atoms with van der Waals surface area (Å²) in [5, 5.41) is 13.6. The molecule has 0 spiro atoms. The smallest absolute Gasteiger partial charge is 0.292 e. The van der Waals surface area contributed by atoms with Crippen molar-refractivity contribution in [1.82, 2.24) is 0 Å². The minimum absolute atomic E-state index is 0.122. The Morgan fingerprint density at radius 3 is 2.43 bits per heavy atom. The van der Waals surface area contributed by atoms with Crippen molar-refractivity contribution in [2.24, 2.45) is 0 Å². The van der Waals surface area contributed by atoms with Crippen LogP contribution in [-0.2, 0) is 6.54 Å². The third kappa shape index (κ3) is 3.31. The van der Waals surface area contributed by atoms with Crippen LogP contribution in [0, 0.1) is 34.5 Å². The molecule has 0 amide bonds. The summed E-state index contributed by atoms with van der Waals surface area (Å²) in [6.07, 6.45) is 0. The summed E-state index contributed by atoms with van der Waals surface area (Å²) >= 11 is 0. The quantitative estimate of drug-likeness (QED) is 0.528. The summed E-state index contributed by atoms with van der Waals surface area (Å²) in [5.74, 6) is -3.37. The van der Waals surface area contributed by atoms with Crippen molar-refractivity contribution in [3.8, 4) is 0 Å². The Kier molecular flexibility index (Phi) is 4.11. The molecule has 2 aromatic rings. The highest BCUT2D eigenvalue weighted by atomic mass is 19.2. The maximum absolute atomic E-state index is 13.5. The molecular formula is C14H11F3N2O2. The van der Waals surface area contributed by atoms with Crippen LogP contribution in [0.25, 0.3) is 0 Å². The van der Waals surface area contributed by atoms with Crippen molar-refractivity contribution < 1.29 is 18.1 Å². The highest BCUT2D eigenvalue weighted by Crippen LogP contribution is 2.26. The normalized spacial score (nSPS) is 10.5. The lowest BCUT2D eigenvalue weighted by atomic mass is 10.1.